The molecule has 0 atom stereocenters. The van der Waals surface area contributed by atoms with E-state index < -0.39 is 0 Å². The second kappa shape index (κ2) is 8.77. The predicted molar refractivity (Wildman–Crippen MR) is 112 cm³/mol. The number of benzene rings is 2. The molecule has 0 saturated carbocycles. The molecule has 29 heavy (non-hydrogen) atoms. The molecule has 7 nitrogen and oxygen atoms in total. The highest BCUT2D eigenvalue weighted by atomic mass is 16.5. The van der Waals surface area contributed by atoms with E-state index in [0.29, 0.717) is 11.6 Å². The van der Waals surface area contributed by atoms with Gasteiger partial charge in [0.2, 0.25) is 0 Å². The van der Waals surface area contributed by atoms with Crippen molar-refractivity contribution in [1.82, 2.24) is 14.8 Å². The number of nitrogens with one attached hydrogen (secondary N) is 1. The molecule has 1 aliphatic rings. The van der Waals surface area contributed by atoms with Crippen LogP contribution in [0, 0.1) is 0 Å². The van der Waals surface area contributed by atoms with E-state index in [4.69, 9.17) is 9.72 Å². The summed E-state index contributed by atoms with van der Waals surface area (Å²) in [5, 5.41) is 7.61. The number of hydrogen-bond donors (Lipinski definition) is 1. The first-order valence-electron chi connectivity index (χ1n) is 9.93. The molecule has 0 bridgehead atoms. The first-order valence-corrected chi connectivity index (χ1v) is 9.93. The third-order valence-electron chi connectivity index (χ3n) is 5.00. The van der Waals surface area contributed by atoms with Crippen LogP contribution in [0.2, 0.25) is 0 Å². The summed E-state index contributed by atoms with van der Waals surface area (Å²) < 4.78 is 7.33. The van der Waals surface area contributed by atoms with Crippen LogP contribution in [0.3, 0.4) is 0 Å². The summed E-state index contributed by atoms with van der Waals surface area (Å²) in [5.74, 6) is 2.34. The molecule has 3 aromatic rings. The van der Waals surface area contributed by atoms with Crippen LogP contribution in [-0.4, -0.2) is 27.9 Å². The number of ether oxygens (including phenoxy) is 1. The van der Waals surface area contributed by atoms with Gasteiger partial charge in [-0.1, -0.05) is 30.7 Å². The molecule has 0 spiro atoms. The number of carbonyl (C=O) groups excluding carboxylic acids is 1. The van der Waals surface area contributed by atoms with Crippen molar-refractivity contribution < 1.29 is 9.53 Å². The maximum absolute atomic E-state index is 13.1. The molecule has 1 N–H and O–H groups in total. The number of aromatic nitrogens is 3. The minimum atomic E-state index is -0.241. The summed E-state index contributed by atoms with van der Waals surface area (Å²) in [4.78, 5) is 19.5. The van der Waals surface area contributed by atoms with Crippen molar-refractivity contribution >= 4 is 17.4 Å². The number of rotatable bonds is 5. The summed E-state index contributed by atoms with van der Waals surface area (Å²) >= 11 is 0. The van der Waals surface area contributed by atoms with Gasteiger partial charge in [-0.25, -0.2) is 14.5 Å². The number of amides is 2. The summed E-state index contributed by atoms with van der Waals surface area (Å²) in [5.41, 5.74) is 1.46. The number of nitrogens with zero attached hydrogens (tertiary/aromatic N) is 4. The zero-order valence-electron chi connectivity index (χ0n) is 16.5. The molecule has 0 fully saturated rings. The summed E-state index contributed by atoms with van der Waals surface area (Å²) in [7, 11) is 1.61. The van der Waals surface area contributed by atoms with E-state index in [2.05, 4.69) is 10.4 Å². The Balaban J connectivity index is 1.61. The summed E-state index contributed by atoms with van der Waals surface area (Å²) in [6.07, 6.45) is 4.38. The smallest absolute Gasteiger partial charge is 0.326 e. The molecule has 0 unspecified atom stereocenters. The van der Waals surface area contributed by atoms with Gasteiger partial charge in [0, 0.05) is 30.4 Å². The lowest BCUT2D eigenvalue weighted by Crippen LogP contribution is -2.35. The lowest BCUT2D eigenvalue weighted by Gasteiger charge is -2.22. The van der Waals surface area contributed by atoms with Crippen LogP contribution >= 0.6 is 0 Å². The van der Waals surface area contributed by atoms with E-state index >= 15 is 0 Å². The summed E-state index contributed by atoms with van der Waals surface area (Å²) in [6.45, 7) is 1.17. The summed E-state index contributed by atoms with van der Waals surface area (Å²) in [6, 6.07) is 16.6. The van der Waals surface area contributed by atoms with E-state index in [9.17, 15) is 4.79 Å². The Morgan fingerprint density at radius 2 is 2.00 bits per heavy atom. The van der Waals surface area contributed by atoms with Crippen LogP contribution in [0.4, 0.5) is 16.2 Å². The molecule has 2 heterocycles. The van der Waals surface area contributed by atoms with Gasteiger partial charge < -0.3 is 10.1 Å². The molecular formula is C22H25N5O2. The quantitative estimate of drug-likeness (QED) is 0.706. The molecule has 150 valence electrons. The molecule has 2 aromatic carbocycles. The fraction of sp³-hybridized carbons (Fsp3) is 0.318. The standard InChI is InChI=1S/C22H25N5O2/c1-29-19-12-8-11-18(15-19)26(22(28)23-17-9-4-2-5-10-17)16-20-24-21-13-6-3-7-14-27(21)25-20/h2,4-5,8-12,15H,3,6-7,13-14,16H2,1H3,(H,23,28). The second-order valence-corrected chi connectivity index (χ2v) is 7.06. The van der Waals surface area contributed by atoms with E-state index in [1.807, 2.05) is 59.3 Å². The molecule has 2 amide bonds. The normalized spacial score (nSPS) is 13.3. The van der Waals surface area contributed by atoms with E-state index in [-0.39, 0.29) is 12.6 Å². The van der Waals surface area contributed by atoms with Crippen molar-refractivity contribution in [3.63, 3.8) is 0 Å². The first-order chi connectivity index (χ1) is 14.2. The average molecular weight is 391 g/mol. The lowest BCUT2D eigenvalue weighted by atomic mass is 10.2. The Hall–Kier alpha value is -3.35. The van der Waals surface area contributed by atoms with Crippen molar-refractivity contribution in [3.05, 3.63) is 66.2 Å². The molecule has 1 aromatic heterocycles. The van der Waals surface area contributed by atoms with Crippen molar-refractivity contribution in [1.29, 1.82) is 0 Å². The molecule has 7 heteroatoms. The van der Waals surface area contributed by atoms with Crippen molar-refractivity contribution in [2.75, 3.05) is 17.3 Å². The third kappa shape index (κ3) is 4.56. The number of urea groups is 1. The largest absolute Gasteiger partial charge is 0.497 e. The van der Waals surface area contributed by atoms with Gasteiger partial charge in [-0.15, -0.1) is 0 Å². The highest BCUT2D eigenvalue weighted by Crippen LogP contribution is 2.24. The van der Waals surface area contributed by atoms with Gasteiger partial charge in [0.15, 0.2) is 5.82 Å². The minimum Gasteiger partial charge on any atom is -0.497 e. The molecule has 4 rings (SSSR count). The highest BCUT2D eigenvalue weighted by Gasteiger charge is 2.21. The van der Waals surface area contributed by atoms with Crippen LogP contribution in [0.15, 0.2) is 54.6 Å². The van der Waals surface area contributed by atoms with Crippen molar-refractivity contribution in [2.45, 2.75) is 38.8 Å². The first kappa shape index (κ1) is 19.0. The molecule has 0 radical (unpaired) electrons. The fourth-order valence-electron chi connectivity index (χ4n) is 3.49. The molecular weight excluding hydrogens is 366 g/mol. The number of fused-ring (bicyclic) bond motifs is 1. The van der Waals surface area contributed by atoms with Gasteiger partial charge in [0.1, 0.15) is 11.6 Å². The highest BCUT2D eigenvalue weighted by molar-refractivity contribution is 6.01. The monoisotopic (exact) mass is 391 g/mol. The molecule has 1 aliphatic heterocycles. The second-order valence-electron chi connectivity index (χ2n) is 7.06. The Labute approximate surface area is 170 Å². The van der Waals surface area contributed by atoms with Crippen LogP contribution in [0.5, 0.6) is 5.75 Å². The van der Waals surface area contributed by atoms with E-state index in [0.717, 1.165) is 43.0 Å². The molecule has 0 saturated heterocycles. The number of aryl methyl sites for hydroxylation is 2. The van der Waals surface area contributed by atoms with Gasteiger partial charge in [-0.05, 0) is 37.1 Å². The number of methoxy groups -OCH3 is 1. The topological polar surface area (TPSA) is 72.3 Å². The van der Waals surface area contributed by atoms with Gasteiger partial charge in [0.05, 0.1) is 13.7 Å². The Bertz CT molecular complexity index is 947. The number of carbonyl (C=O) groups is 1. The maximum Gasteiger partial charge on any atom is 0.326 e. The Kier molecular flexibility index (Phi) is 5.74. The van der Waals surface area contributed by atoms with Crippen LogP contribution < -0.4 is 15.0 Å². The Morgan fingerprint density at radius 1 is 1.14 bits per heavy atom. The predicted octanol–water partition coefficient (Wildman–Crippen LogP) is 4.25. The maximum atomic E-state index is 13.1. The molecule has 0 aliphatic carbocycles. The van der Waals surface area contributed by atoms with E-state index in [1.165, 1.54) is 6.42 Å². The van der Waals surface area contributed by atoms with Crippen LogP contribution in [0.25, 0.3) is 0 Å². The zero-order valence-corrected chi connectivity index (χ0v) is 16.5. The van der Waals surface area contributed by atoms with Crippen molar-refractivity contribution in [2.24, 2.45) is 0 Å². The van der Waals surface area contributed by atoms with E-state index in [1.54, 1.807) is 12.0 Å². The Morgan fingerprint density at radius 3 is 2.83 bits per heavy atom. The van der Waals surface area contributed by atoms with Crippen LogP contribution in [-0.2, 0) is 19.5 Å². The number of para-hydroxylation sites is 1. The minimum absolute atomic E-state index is 0.241. The number of anilines is 2. The van der Waals surface area contributed by atoms with Gasteiger partial charge >= 0.3 is 6.03 Å². The number of hydrogen-bond acceptors (Lipinski definition) is 4. The van der Waals surface area contributed by atoms with Gasteiger partial charge in [0.25, 0.3) is 0 Å². The fourth-order valence-corrected chi connectivity index (χ4v) is 3.49. The third-order valence-corrected chi connectivity index (χ3v) is 5.00. The van der Waals surface area contributed by atoms with Gasteiger partial charge in [-0.2, -0.15) is 5.10 Å². The SMILES string of the molecule is COc1cccc(N(Cc2nc3n(n2)CCCCC3)C(=O)Nc2ccccc2)c1. The van der Waals surface area contributed by atoms with Crippen molar-refractivity contribution in [3.8, 4) is 5.75 Å². The average Bonchev–Trinajstić information content (AvgIpc) is 3.01. The zero-order chi connectivity index (χ0) is 20.1. The van der Waals surface area contributed by atoms with Gasteiger partial charge in [-0.3, -0.25) is 4.90 Å². The van der Waals surface area contributed by atoms with Crippen LogP contribution in [0.1, 0.15) is 30.9 Å². The lowest BCUT2D eigenvalue weighted by molar-refractivity contribution is 0.256.